The van der Waals surface area contributed by atoms with Gasteiger partial charge in [-0.25, -0.2) is 4.98 Å². The van der Waals surface area contributed by atoms with Gasteiger partial charge in [0.15, 0.2) is 5.82 Å². The number of methoxy groups -OCH3 is 1. The predicted octanol–water partition coefficient (Wildman–Crippen LogP) is 1.56. The zero-order valence-electron chi connectivity index (χ0n) is 10.7. The van der Waals surface area contributed by atoms with E-state index in [-0.39, 0.29) is 5.41 Å². The molecule has 5 nitrogen and oxygen atoms in total. The number of nitrogens with zero attached hydrogens (tertiary/aromatic N) is 3. The van der Waals surface area contributed by atoms with Crippen LogP contribution in [0.25, 0.3) is 0 Å². The summed E-state index contributed by atoms with van der Waals surface area (Å²) < 4.78 is 4.98. The van der Waals surface area contributed by atoms with Gasteiger partial charge in [0.05, 0.1) is 13.3 Å². The summed E-state index contributed by atoms with van der Waals surface area (Å²) in [5.41, 5.74) is 5.71. The summed E-state index contributed by atoms with van der Waals surface area (Å²) in [6, 6.07) is 0.307. The van der Waals surface area contributed by atoms with Gasteiger partial charge < -0.3 is 15.4 Å². The van der Waals surface area contributed by atoms with Crippen molar-refractivity contribution in [3.63, 3.8) is 0 Å². The number of hydrogen-bond donors (Lipinski definition) is 1. The molecule has 0 saturated heterocycles. The Morgan fingerprint density at radius 3 is 2.71 bits per heavy atom. The molecule has 2 N–H and O–H groups in total. The number of halogens is 1. The van der Waals surface area contributed by atoms with Gasteiger partial charge in [0.2, 0.25) is 0 Å². The maximum Gasteiger partial charge on any atom is 0.318 e. The largest absolute Gasteiger partial charge is 0.467 e. The van der Waals surface area contributed by atoms with Gasteiger partial charge in [-0.15, -0.1) is 0 Å². The SMILES string of the molecule is COc1ncc(Cl)c(N(C)CC(C)(C)CN)n1. The summed E-state index contributed by atoms with van der Waals surface area (Å²) >= 11 is 6.07. The molecule has 0 aliphatic rings. The minimum Gasteiger partial charge on any atom is -0.467 e. The summed E-state index contributed by atoms with van der Waals surface area (Å²) in [6.45, 7) is 5.53. The van der Waals surface area contributed by atoms with Crippen LogP contribution < -0.4 is 15.4 Å². The maximum absolute atomic E-state index is 6.07. The third-order valence-electron chi connectivity index (χ3n) is 2.47. The predicted molar refractivity (Wildman–Crippen MR) is 69.7 cm³/mol. The van der Waals surface area contributed by atoms with Crippen molar-refractivity contribution in [3.05, 3.63) is 11.2 Å². The number of nitrogens with two attached hydrogens (primary N) is 1. The van der Waals surface area contributed by atoms with Crippen LogP contribution in [0.3, 0.4) is 0 Å². The molecule has 6 heteroatoms. The molecule has 0 atom stereocenters. The first-order valence-electron chi connectivity index (χ1n) is 5.37. The van der Waals surface area contributed by atoms with Gasteiger partial charge in [0, 0.05) is 13.6 Å². The normalized spacial score (nSPS) is 11.4. The van der Waals surface area contributed by atoms with Crippen molar-refractivity contribution >= 4 is 17.4 Å². The van der Waals surface area contributed by atoms with E-state index in [4.69, 9.17) is 22.1 Å². The third-order valence-corrected chi connectivity index (χ3v) is 2.73. The van der Waals surface area contributed by atoms with E-state index in [9.17, 15) is 0 Å². The Morgan fingerprint density at radius 2 is 2.18 bits per heavy atom. The number of rotatable bonds is 5. The van der Waals surface area contributed by atoms with Gasteiger partial charge in [0.1, 0.15) is 5.02 Å². The molecular weight excluding hydrogens is 240 g/mol. The summed E-state index contributed by atoms with van der Waals surface area (Å²) in [5, 5.41) is 0.501. The molecule has 0 amide bonds. The van der Waals surface area contributed by atoms with Gasteiger partial charge in [-0.1, -0.05) is 25.4 Å². The van der Waals surface area contributed by atoms with E-state index < -0.39 is 0 Å². The van der Waals surface area contributed by atoms with Crippen LogP contribution in [-0.4, -0.2) is 37.2 Å². The van der Waals surface area contributed by atoms with Gasteiger partial charge in [-0.05, 0) is 12.0 Å². The summed E-state index contributed by atoms with van der Waals surface area (Å²) in [4.78, 5) is 10.1. The highest BCUT2D eigenvalue weighted by Gasteiger charge is 2.20. The maximum atomic E-state index is 6.07. The van der Waals surface area contributed by atoms with E-state index in [0.717, 1.165) is 6.54 Å². The van der Waals surface area contributed by atoms with Crippen LogP contribution in [-0.2, 0) is 0 Å². The van der Waals surface area contributed by atoms with Crippen molar-refractivity contribution < 1.29 is 4.74 Å². The van der Waals surface area contributed by atoms with Crippen LogP contribution in [0.15, 0.2) is 6.20 Å². The monoisotopic (exact) mass is 258 g/mol. The zero-order valence-corrected chi connectivity index (χ0v) is 11.5. The van der Waals surface area contributed by atoms with E-state index in [2.05, 4.69) is 23.8 Å². The molecule has 1 rings (SSSR count). The van der Waals surface area contributed by atoms with Crippen LogP contribution in [0, 0.1) is 5.41 Å². The van der Waals surface area contributed by atoms with Crippen molar-refractivity contribution in [3.8, 4) is 6.01 Å². The Balaban J connectivity index is 2.91. The first kappa shape index (κ1) is 14.0. The van der Waals surface area contributed by atoms with Crippen LogP contribution in [0.2, 0.25) is 5.02 Å². The molecule has 0 radical (unpaired) electrons. The Labute approximate surface area is 107 Å². The quantitative estimate of drug-likeness (QED) is 0.868. The Hall–Kier alpha value is -1.07. The molecule has 0 aromatic carbocycles. The molecule has 1 aromatic rings. The second-order valence-corrected chi connectivity index (χ2v) is 5.16. The molecular formula is C11H19ClN4O. The molecule has 1 heterocycles. The van der Waals surface area contributed by atoms with Crippen LogP contribution in [0.1, 0.15) is 13.8 Å². The van der Waals surface area contributed by atoms with Crippen molar-refractivity contribution in [1.29, 1.82) is 0 Å². The first-order valence-corrected chi connectivity index (χ1v) is 5.75. The lowest BCUT2D eigenvalue weighted by Gasteiger charge is -2.30. The van der Waals surface area contributed by atoms with E-state index in [1.165, 1.54) is 13.3 Å². The summed E-state index contributed by atoms with van der Waals surface area (Å²) in [7, 11) is 3.45. The Bertz CT molecular complexity index is 384. The molecule has 0 aliphatic heterocycles. The van der Waals surface area contributed by atoms with Crippen LogP contribution >= 0.6 is 11.6 Å². The standard InChI is InChI=1S/C11H19ClN4O/c1-11(2,6-13)7-16(3)9-8(12)5-14-10(15-9)17-4/h5H,6-7,13H2,1-4H3. The Kier molecular flexibility index (Phi) is 4.54. The average molecular weight is 259 g/mol. The highest BCUT2D eigenvalue weighted by Crippen LogP contribution is 2.26. The molecule has 0 unspecified atom stereocenters. The van der Waals surface area contributed by atoms with E-state index in [1.54, 1.807) is 0 Å². The van der Waals surface area contributed by atoms with Gasteiger partial charge in [-0.2, -0.15) is 4.98 Å². The third kappa shape index (κ3) is 3.71. The highest BCUT2D eigenvalue weighted by molar-refractivity contribution is 6.32. The summed E-state index contributed by atoms with van der Waals surface area (Å²) in [6.07, 6.45) is 1.54. The number of anilines is 1. The molecule has 0 aliphatic carbocycles. The first-order chi connectivity index (χ1) is 7.89. The summed E-state index contributed by atoms with van der Waals surface area (Å²) in [5.74, 6) is 0.653. The van der Waals surface area contributed by atoms with Crippen molar-refractivity contribution in [1.82, 2.24) is 9.97 Å². The molecule has 96 valence electrons. The molecule has 0 bridgehead atoms. The second-order valence-electron chi connectivity index (χ2n) is 4.75. The molecule has 0 spiro atoms. The topological polar surface area (TPSA) is 64.3 Å². The van der Waals surface area contributed by atoms with Crippen molar-refractivity contribution in [2.24, 2.45) is 11.1 Å². The number of ether oxygens (including phenoxy) is 1. The smallest absolute Gasteiger partial charge is 0.318 e. The van der Waals surface area contributed by atoms with Crippen LogP contribution in [0.4, 0.5) is 5.82 Å². The minimum absolute atomic E-state index is 0.00371. The number of aromatic nitrogens is 2. The lowest BCUT2D eigenvalue weighted by Crippen LogP contribution is -2.37. The number of hydrogen-bond acceptors (Lipinski definition) is 5. The molecule has 0 fully saturated rings. The fourth-order valence-electron chi connectivity index (χ4n) is 1.49. The molecule has 0 saturated carbocycles. The zero-order chi connectivity index (χ0) is 13.1. The Morgan fingerprint density at radius 1 is 1.53 bits per heavy atom. The average Bonchev–Trinajstić information content (AvgIpc) is 2.29. The van der Waals surface area contributed by atoms with Crippen LogP contribution in [0.5, 0.6) is 6.01 Å². The van der Waals surface area contributed by atoms with Crippen molar-refractivity contribution in [2.45, 2.75) is 13.8 Å². The van der Waals surface area contributed by atoms with E-state index >= 15 is 0 Å². The highest BCUT2D eigenvalue weighted by atomic mass is 35.5. The van der Waals surface area contributed by atoms with E-state index in [1.807, 2.05) is 11.9 Å². The van der Waals surface area contributed by atoms with Gasteiger partial charge in [-0.3, -0.25) is 0 Å². The lowest BCUT2D eigenvalue weighted by molar-refractivity contribution is 0.373. The van der Waals surface area contributed by atoms with Gasteiger partial charge >= 0.3 is 6.01 Å². The van der Waals surface area contributed by atoms with Gasteiger partial charge in [0.25, 0.3) is 0 Å². The molecule has 17 heavy (non-hydrogen) atoms. The fraction of sp³-hybridized carbons (Fsp3) is 0.636. The van der Waals surface area contributed by atoms with Crippen molar-refractivity contribution in [2.75, 3.05) is 32.1 Å². The lowest BCUT2D eigenvalue weighted by atomic mass is 9.93. The minimum atomic E-state index is -0.00371. The van der Waals surface area contributed by atoms with E-state index in [0.29, 0.717) is 23.4 Å². The fourth-order valence-corrected chi connectivity index (χ4v) is 1.73. The second kappa shape index (κ2) is 5.51. The molecule has 1 aromatic heterocycles.